The maximum atomic E-state index is 11.9. The van der Waals surface area contributed by atoms with Gasteiger partial charge in [0.2, 0.25) is 5.91 Å². The summed E-state index contributed by atoms with van der Waals surface area (Å²) in [7, 11) is 0. The van der Waals surface area contributed by atoms with Gasteiger partial charge in [0.1, 0.15) is 6.04 Å². The maximum absolute atomic E-state index is 11.9. The van der Waals surface area contributed by atoms with Gasteiger partial charge in [0.25, 0.3) is 0 Å². The zero-order chi connectivity index (χ0) is 14.4. The number of amides is 1. The van der Waals surface area contributed by atoms with Crippen molar-refractivity contribution >= 4 is 11.9 Å². The summed E-state index contributed by atoms with van der Waals surface area (Å²) in [5.74, 6) is -0.852. The van der Waals surface area contributed by atoms with E-state index in [1.807, 2.05) is 30.3 Å². The molecule has 5 heteroatoms. The first kappa shape index (κ1) is 14.5. The molecule has 0 aliphatic carbocycles. The summed E-state index contributed by atoms with van der Waals surface area (Å²) in [5.41, 5.74) is 0.905. The largest absolute Gasteiger partial charge is 0.480 e. The Labute approximate surface area is 118 Å². The van der Waals surface area contributed by atoms with E-state index >= 15 is 0 Å². The Kier molecular flexibility index (Phi) is 5.12. The molecule has 1 aromatic rings. The van der Waals surface area contributed by atoms with Crippen molar-refractivity contribution in [3.05, 3.63) is 35.9 Å². The molecule has 5 nitrogen and oxygen atoms in total. The van der Waals surface area contributed by atoms with Crippen LogP contribution in [0.5, 0.6) is 0 Å². The molecular weight excluding hydrogens is 256 g/mol. The van der Waals surface area contributed by atoms with Crippen LogP contribution in [-0.2, 0) is 16.0 Å². The fourth-order valence-corrected chi connectivity index (χ4v) is 2.45. The Bertz CT molecular complexity index is 455. The second-order valence-corrected chi connectivity index (χ2v) is 5.21. The second kappa shape index (κ2) is 7.05. The van der Waals surface area contributed by atoms with Gasteiger partial charge in [-0.15, -0.1) is 0 Å². The van der Waals surface area contributed by atoms with Crippen molar-refractivity contribution in [2.45, 2.75) is 25.3 Å². The molecule has 1 aliphatic heterocycles. The second-order valence-electron chi connectivity index (χ2n) is 5.21. The first-order valence-electron chi connectivity index (χ1n) is 6.92. The molecule has 0 saturated carbocycles. The van der Waals surface area contributed by atoms with Gasteiger partial charge >= 0.3 is 5.97 Å². The molecule has 1 fully saturated rings. The number of carboxylic acids is 1. The van der Waals surface area contributed by atoms with E-state index < -0.39 is 12.0 Å². The highest BCUT2D eigenvalue weighted by Gasteiger charge is 2.23. The molecule has 2 atom stereocenters. The van der Waals surface area contributed by atoms with Crippen LogP contribution in [0, 0.1) is 5.92 Å². The molecule has 2 unspecified atom stereocenters. The van der Waals surface area contributed by atoms with Crippen molar-refractivity contribution in [2.75, 3.05) is 13.1 Å². The van der Waals surface area contributed by atoms with E-state index in [2.05, 4.69) is 10.6 Å². The maximum Gasteiger partial charge on any atom is 0.326 e. The number of benzene rings is 1. The standard InChI is InChI=1S/C15H20N2O3/c18-14(9-12-6-7-16-10-12)17-13(15(19)20)8-11-4-2-1-3-5-11/h1-5,12-13,16H,6-10H2,(H,17,18)(H,19,20). The normalized spacial score (nSPS) is 19.5. The SMILES string of the molecule is O=C(CC1CCNC1)NC(Cc1ccccc1)C(=O)O. The molecule has 1 amide bonds. The van der Waals surface area contributed by atoms with Crippen molar-refractivity contribution in [1.29, 1.82) is 0 Å². The third-order valence-electron chi connectivity index (χ3n) is 3.55. The van der Waals surface area contributed by atoms with Gasteiger partial charge in [0.15, 0.2) is 0 Å². The van der Waals surface area contributed by atoms with E-state index in [0.29, 0.717) is 18.8 Å². The molecule has 1 aromatic carbocycles. The highest BCUT2D eigenvalue weighted by Crippen LogP contribution is 2.12. The molecule has 1 heterocycles. The van der Waals surface area contributed by atoms with Gasteiger partial charge in [-0.05, 0) is 31.0 Å². The Morgan fingerprint density at radius 3 is 2.70 bits per heavy atom. The Balaban J connectivity index is 1.88. The molecule has 20 heavy (non-hydrogen) atoms. The Morgan fingerprint density at radius 2 is 2.10 bits per heavy atom. The zero-order valence-corrected chi connectivity index (χ0v) is 11.3. The van der Waals surface area contributed by atoms with Crippen LogP contribution in [0.3, 0.4) is 0 Å². The Morgan fingerprint density at radius 1 is 1.35 bits per heavy atom. The van der Waals surface area contributed by atoms with Crippen LogP contribution in [0.25, 0.3) is 0 Å². The molecule has 1 saturated heterocycles. The zero-order valence-electron chi connectivity index (χ0n) is 11.3. The van der Waals surface area contributed by atoms with Crippen LogP contribution < -0.4 is 10.6 Å². The van der Waals surface area contributed by atoms with E-state index in [1.165, 1.54) is 0 Å². The lowest BCUT2D eigenvalue weighted by atomic mass is 10.0. The molecule has 0 radical (unpaired) electrons. The highest BCUT2D eigenvalue weighted by molar-refractivity contribution is 5.83. The average Bonchev–Trinajstić information content (AvgIpc) is 2.92. The lowest BCUT2D eigenvalue weighted by Crippen LogP contribution is -2.43. The third-order valence-corrected chi connectivity index (χ3v) is 3.55. The van der Waals surface area contributed by atoms with E-state index in [1.54, 1.807) is 0 Å². The molecule has 108 valence electrons. The summed E-state index contributed by atoms with van der Waals surface area (Å²) >= 11 is 0. The van der Waals surface area contributed by atoms with Crippen molar-refractivity contribution in [3.63, 3.8) is 0 Å². The monoisotopic (exact) mass is 276 g/mol. The number of rotatable bonds is 6. The van der Waals surface area contributed by atoms with Gasteiger partial charge in [-0.2, -0.15) is 0 Å². The Hall–Kier alpha value is -1.88. The number of hydrogen-bond donors (Lipinski definition) is 3. The van der Waals surface area contributed by atoms with Gasteiger partial charge in [0, 0.05) is 12.8 Å². The minimum atomic E-state index is -0.994. The molecule has 1 aliphatic rings. The average molecular weight is 276 g/mol. The molecule has 3 N–H and O–H groups in total. The minimum absolute atomic E-state index is 0.179. The van der Waals surface area contributed by atoms with Crippen molar-refractivity contribution < 1.29 is 14.7 Å². The predicted molar refractivity (Wildman–Crippen MR) is 75.3 cm³/mol. The first-order chi connectivity index (χ1) is 9.65. The third kappa shape index (κ3) is 4.35. The van der Waals surface area contributed by atoms with Gasteiger partial charge in [0.05, 0.1) is 0 Å². The van der Waals surface area contributed by atoms with Crippen LogP contribution >= 0.6 is 0 Å². The van der Waals surface area contributed by atoms with E-state index in [0.717, 1.165) is 25.1 Å². The number of nitrogens with one attached hydrogen (secondary N) is 2. The van der Waals surface area contributed by atoms with Gasteiger partial charge in [-0.25, -0.2) is 4.79 Å². The summed E-state index contributed by atoms with van der Waals surface area (Å²) in [6.07, 6.45) is 1.68. The van der Waals surface area contributed by atoms with Crippen LogP contribution in [-0.4, -0.2) is 36.1 Å². The molecular formula is C15H20N2O3. The van der Waals surface area contributed by atoms with Gasteiger partial charge < -0.3 is 15.7 Å². The summed E-state index contributed by atoms with van der Waals surface area (Å²) in [6, 6.07) is 8.47. The topological polar surface area (TPSA) is 78.4 Å². The first-order valence-corrected chi connectivity index (χ1v) is 6.92. The molecule has 0 spiro atoms. The molecule has 2 rings (SSSR count). The number of carboxylic acid groups (broad SMARTS) is 1. The van der Waals surface area contributed by atoms with Crippen LogP contribution in [0.4, 0.5) is 0 Å². The quantitative estimate of drug-likeness (QED) is 0.718. The van der Waals surface area contributed by atoms with Crippen LogP contribution in [0.1, 0.15) is 18.4 Å². The summed E-state index contributed by atoms with van der Waals surface area (Å²) in [5, 5.41) is 15.0. The number of aliphatic carboxylic acids is 1. The fourth-order valence-electron chi connectivity index (χ4n) is 2.45. The highest BCUT2D eigenvalue weighted by atomic mass is 16.4. The van der Waals surface area contributed by atoms with Crippen molar-refractivity contribution in [1.82, 2.24) is 10.6 Å². The van der Waals surface area contributed by atoms with Gasteiger partial charge in [-0.3, -0.25) is 4.79 Å². The summed E-state index contributed by atoms with van der Waals surface area (Å²) < 4.78 is 0. The number of carbonyl (C=O) groups excluding carboxylic acids is 1. The molecule has 0 bridgehead atoms. The van der Waals surface area contributed by atoms with Crippen LogP contribution in [0.2, 0.25) is 0 Å². The van der Waals surface area contributed by atoms with Crippen molar-refractivity contribution in [3.8, 4) is 0 Å². The summed E-state index contributed by atoms with van der Waals surface area (Å²) in [4.78, 5) is 23.2. The molecule has 0 aromatic heterocycles. The smallest absolute Gasteiger partial charge is 0.326 e. The van der Waals surface area contributed by atoms with E-state index in [4.69, 9.17) is 0 Å². The van der Waals surface area contributed by atoms with Crippen LogP contribution in [0.15, 0.2) is 30.3 Å². The number of hydrogen-bond acceptors (Lipinski definition) is 3. The minimum Gasteiger partial charge on any atom is -0.480 e. The van der Waals surface area contributed by atoms with E-state index in [-0.39, 0.29) is 5.91 Å². The predicted octanol–water partition coefficient (Wildman–Crippen LogP) is 0.798. The summed E-state index contributed by atoms with van der Waals surface area (Å²) in [6.45, 7) is 1.77. The lowest BCUT2D eigenvalue weighted by Gasteiger charge is -2.16. The fraction of sp³-hybridized carbons (Fsp3) is 0.467. The lowest BCUT2D eigenvalue weighted by molar-refractivity contribution is -0.141. The van der Waals surface area contributed by atoms with Gasteiger partial charge in [-0.1, -0.05) is 30.3 Å². The van der Waals surface area contributed by atoms with Crippen molar-refractivity contribution in [2.24, 2.45) is 5.92 Å². The van der Waals surface area contributed by atoms with E-state index in [9.17, 15) is 14.7 Å². The number of carbonyl (C=O) groups is 2.